The van der Waals surface area contributed by atoms with Crippen molar-refractivity contribution in [3.05, 3.63) is 52.2 Å². The molecule has 19 heavy (non-hydrogen) atoms. The van der Waals surface area contributed by atoms with Crippen LogP contribution in [0.2, 0.25) is 0 Å². The molecule has 2 rings (SSSR count). The third-order valence-corrected chi connectivity index (χ3v) is 3.90. The van der Waals surface area contributed by atoms with E-state index in [2.05, 4.69) is 10.6 Å². The third kappa shape index (κ3) is 3.58. The number of carbonyl (C=O) groups excluding carboxylic acids is 1. The zero-order chi connectivity index (χ0) is 13.7. The fraction of sp³-hybridized carbons (Fsp3) is 0.267. The highest BCUT2D eigenvalue weighted by atomic mass is 32.1. The van der Waals surface area contributed by atoms with E-state index in [0.717, 1.165) is 17.1 Å². The van der Waals surface area contributed by atoms with Crippen LogP contribution < -0.4 is 10.6 Å². The second-order valence-electron chi connectivity index (χ2n) is 4.32. The van der Waals surface area contributed by atoms with Crippen LogP contribution in [0.25, 0.3) is 0 Å². The van der Waals surface area contributed by atoms with Crippen molar-refractivity contribution in [3.8, 4) is 0 Å². The topological polar surface area (TPSA) is 41.1 Å². The molecule has 1 heterocycles. The molecular weight excluding hydrogens is 256 g/mol. The summed E-state index contributed by atoms with van der Waals surface area (Å²) in [7, 11) is 0. The lowest BCUT2D eigenvalue weighted by molar-refractivity contribution is 0.0940. The van der Waals surface area contributed by atoms with Gasteiger partial charge in [-0.15, -0.1) is 11.3 Å². The molecule has 100 valence electrons. The first kappa shape index (κ1) is 13.6. The minimum Gasteiger partial charge on any atom is -0.385 e. The highest BCUT2D eigenvalue weighted by Crippen LogP contribution is 2.19. The monoisotopic (exact) mass is 274 g/mol. The summed E-state index contributed by atoms with van der Waals surface area (Å²) >= 11 is 1.65. The maximum absolute atomic E-state index is 12.1. The molecule has 2 aromatic rings. The van der Waals surface area contributed by atoms with Crippen molar-refractivity contribution >= 4 is 22.9 Å². The van der Waals surface area contributed by atoms with E-state index in [1.54, 1.807) is 11.3 Å². The maximum Gasteiger partial charge on any atom is 0.251 e. The largest absolute Gasteiger partial charge is 0.385 e. The average molecular weight is 274 g/mol. The molecule has 4 heteroatoms. The molecule has 0 bridgehead atoms. The highest BCUT2D eigenvalue weighted by Gasteiger charge is 2.11. The van der Waals surface area contributed by atoms with E-state index in [1.165, 1.54) is 0 Å². The summed E-state index contributed by atoms with van der Waals surface area (Å²) in [5, 5.41) is 8.22. The van der Waals surface area contributed by atoms with Crippen molar-refractivity contribution in [2.75, 3.05) is 11.9 Å². The summed E-state index contributed by atoms with van der Waals surface area (Å²) < 4.78 is 0. The van der Waals surface area contributed by atoms with Crippen LogP contribution in [0, 0.1) is 0 Å². The molecule has 1 aromatic heterocycles. The van der Waals surface area contributed by atoms with Gasteiger partial charge in [0.1, 0.15) is 0 Å². The molecule has 1 unspecified atom stereocenters. The Hall–Kier alpha value is -1.81. The van der Waals surface area contributed by atoms with Crippen LogP contribution in [0.15, 0.2) is 41.8 Å². The molecule has 1 amide bonds. The van der Waals surface area contributed by atoms with Crippen LogP contribution in [0.5, 0.6) is 0 Å². The summed E-state index contributed by atoms with van der Waals surface area (Å²) in [5.41, 5.74) is 1.72. The van der Waals surface area contributed by atoms with Crippen molar-refractivity contribution in [1.82, 2.24) is 5.32 Å². The van der Waals surface area contributed by atoms with Crippen LogP contribution in [0.4, 0.5) is 5.69 Å². The Morgan fingerprint density at radius 1 is 1.26 bits per heavy atom. The Bertz CT molecular complexity index is 520. The van der Waals surface area contributed by atoms with E-state index in [4.69, 9.17) is 0 Å². The maximum atomic E-state index is 12.1. The van der Waals surface area contributed by atoms with Gasteiger partial charge in [0.2, 0.25) is 0 Å². The normalized spacial score (nSPS) is 11.9. The molecule has 0 aliphatic carbocycles. The molecule has 0 aliphatic rings. The van der Waals surface area contributed by atoms with E-state index < -0.39 is 0 Å². The smallest absolute Gasteiger partial charge is 0.251 e. The number of hydrogen-bond acceptors (Lipinski definition) is 3. The van der Waals surface area contributed by atoms with Gasteiger partial charge < -0.3 is 10.6 Å². The molecule has 1 atom stereocenters. The fourth-order valence-corrected chi connectivity index (χ4v) is 2.57. The lowest BCUT2D eigenvalue weighted by Gasteiger charge is -2.12. The SMILES string of the molecule is CCNc1ccc(C(=O)NC(C)c2cccs2)cc1. The first-order valence-electron chi connectivity index (χ1n) is 6.39. The molecule has 0 saturated heterocycles. The molecule has 0 saturated carbocycles. The average Bonchev–Trinajstić information content (AvgIpc) is 2.94. The number of rotatable bonds is 5. The van der Waals surface area contributed by atoms with Crippen LogP contribution in [-0.2, 0) is 0 Å². The van der Waals surface area contributed by atoms with Crippen molar-refractivity contribution in [3.63, 3.8) is 0 Å². The molecule has 0 spiro atoms. The molecule has 0 fully saturated rings. The molecule has 1 aromatic carbocycles. The van der Waals surface area contributed by atoms with Crippen LogP contribution >= 0.6 is 11.3 Å². The number of benzene rings is 1. The van der Waals surface area contributed by atoms with E-state index in [9.17, 15) is 4.79 Å². The Morgan fingerprint density at radius 3 is 2.58 bits per heavy atom. The van der Waals surface area contributed by atoms with Gasteiger partial charge in [0.05, 0.1) is 6.04 Å². The van der Waals surface area contributed by atoms with Gasteiger partial charge in [-0.25, -0.2) is 0 Å². The van der Waals surface area contributed by atoms with Gasteiger partial charge in [-0.1, -0.05) is 6.07 Å². The van der Waals surface area contributed by atoms with Crippen LogP contribution in [0.1, 0.15) is 35.1 Å². The fourth-order valence-electron chi connectivity index (χ4n) is 1.83. The number of amides is 1. The van der Waals surface area contributed by atoms with Gasteiger partial charge in [0, 0.05) is 22.7 Å². The number of hydrogen-bond donors (Lipinski definition) is 2. The van der Waals surface area contributed by atoms with Crippen molar-refractivity contribution in [2.24, 2.45) is 0 Å². The summed E-state index contributed by atoms with van der Waals surface area (Å²) in [6, 6.07) is 11.6. The standard InChI is InChI=1S/C15H18N2OS/c1-3-16-13-8-6-12(7-9-13)15(18)17-11(2)14-5-4-10-19-14/h4-11,16H,3H2,1-2H3,(H,17,18). The summed E-state index contributed by atoms with van der Waals surface area (Å²) in [6.07, 6.45) is 0. The van der Waals surface area contributed by atoms with Crippen molar-refractivity contribution in [1.29, 1.82) is 0 Å². The molecule has 0 radical (unpaired) electrons. The van der Waals surface area contributed by atoms with Gasteiger partial charge in [-0.05, 0) is 49.6 Å². The van der Waals surface area contributed by atoms with Crippen molar-refractivity contribution < 1.29 is 4.79 Å². The van der Waals surface area contributed by atoms with Crippen LogP contribution in [0.3, 0.4) is 0 Å². The lowest BCUT2D eigenvalue weighted by Crippen LogP contribution is -2.26. The van der Waals surface area contributed by atoms with Gasteiger partial charge >= 0.3 is 0 Å². The van der Waals surface area contributed by atoms with Crippen LogP contribution in [-0.4, -0.2) is 12.5 Å². The lowest BCUT2D eigenvalue weighted by atomic mass is 10.1. The predicted octanol–water partition coefficient (Wildman–Crippen LogP) is 3.67. The first-order chi connectivity index (χ1) is 9.20. The second-order valence-corrected chi connectivity index (χ2v) is 5.30. The summed E-state index contributed by atoms with van der Waals surface area (Å²) in [5.74, 6) is -0.0380. The van der Waals surface area contributed by atoms with E-state index in [-0.39, 0.29) is 11.9 Å². The molecular formula is C15H18N2OS. The zero-order valence-electron chi connectivity index (χ0n) is 11.1. The van der Waals surface area contributed by atoms with E-state index in [1.807, 2.05) is 55.6 Å². The van der Waals surface area contributed by atoms with Gasteiger partial charge in [-0.3, -0.25) is 4.79 Å². The Labute approximate surface area is 117 Å². The Balaban J connectivity index is 1.99. The quantitative estimate of drug-likeness (QED) is 0.873. The number of nitrogens with one attached hydrogen (secondary N) is 2. The number of anilines is 1. The molecule has 0 aliphatic heterocycles. The van der Waals surface area contributed by atoms with Crippen molar-refractivity contribution in [2.45, 2.75) is 19.9 Å². The van der Waals surface area contributed by atoms with Gasteiger partial charge in [0.25, 0.3) is 5.91 Å². The zero-order valence-corrected chi connectivity index (χ0v) is 12.0. The first-order valence-corrected chi connectivity index (χ1v) is 7.27. The summed E-state index contributed by atoms with van der Waals surface area (Å²) in [6.45, 7) is 4.92. The number of thiophene rings is 1. The molecule has 3 nitrogen and oxygen atoms in total. The second kappa shape index (κ2) is 6.38. The molecule has 2 N–H and O–H groups in total. The Morgan fingerprint density at radius 2 is 2.00 bits per heavy atom. The van der Waals surface area contributed by atoms with E-state index in [0.29, 0.717) is 5.56 Å². The minimum atomic E-state index is -0.0380. The minimum absolute atomic E-state index is 0.0380. The van der Waals surface area contributed by atoms with Gasteiger partial charge in [-0.2, -0.15) is 0 Å². The third-order valence-electron chi connectivity index (χ3n) is 2.85. The van der Waals surface area contributed by atoms with E-state index >= 15 is 0 Å². The highest BCUT2D eigenvalue weighted by molar-refractivity contribution is 7.10. The predicted molar refractivity (Wildman–Crippen MR) is 80.8 cm³/mol. The Kier molecular flexibility index (Phi) is 4.58. The number of carbonyl (C=O) groups is 1. The summed E-state index contributed by atoms with van der Waals surface area (Å²) in [4.78, 5) is 13.3. The van der Waals surface area contributed by atoms with Gasteiger partial charge in [0.15, 0.2) is 0 Å².